The quantitative estimate of drug-likeness (QED) is 0.592. The lowest BCUT2D eigenvalue weighted by Gasteiger charge is -2.29. The van der Waals surface area contributed by atoms with E-state index < -0.39 is 27.9 Å². The summed E-state index contributed by atoms with van der Waals surface area (Å²) in [6.45, 7) is 0.316. The molecule has 0 bridgehead atoms. The van der Waals surface area contributed by atoms with E-state index in [1.165, 1.54) is 4.31 Å². The lowest BCUT2D eigenvalue weighted by molar-refractivity contribution is -0.136. The fraction of sp³-hybridized carbons (Fsp3) is 0.333. The number of hydrogen-bond donors (Lipinski definition) is 3. The van der Waals surface area contributed by atoms with Crippen LogP contribution in [0, 0.1) is 0 Å². The summed E-state index contributed by atoms with van der Waals surface area (Å²) in [6.07, 6.45) is 2.14. The van der Waals surface area contributed by atoms with E-state index >= 15 is 0 Å². The minimum atomic E-state index is -3.43. The topological polar surface area (TPSA) is 116 Å². The van der Waals surface area contributed by atoms with Gasteiger partial charge in [-0.3, -0.25) is 13.9 Å². The number of anilines is 2. The van der Waals surface area contributed by atoms with Gasteiger partial charge in [0.1, 0.15) is 0 Å². The van der Waals surface area contributed by atoms with Gasteiger partial charge in [-0.2, -0.15) is 0 Å². The molecule has 0 saturated heterocycles. The third kappa shape index (κ3) is 5.58. The number of hydrogen-bond acceptors (Lipinski definition) is 5. The fourth-order valence-electron chi connectivity index (χ4n) is 3.40. The molecule has 9 heteroatoms. The Bertz CT molecular complexity index is 1020. The molecule has 160 valence electrons. The number of carbonyl (C=O) groups excluding carboxylic acids is 2. The molecule has 1 aliphatic rings. The van der Waals surface area contributed by atoms with Crippen molar-refractivity contribution in [2.75, 3.05) is 29.0 Å². The van der Waals surface area contributed by atoms with E-state index in [1.807, 2.05) is 30.3 Å². The Labute approximate surface area is 176 Å². The number of sulfonamides is 1. The van der Waals surface area contributed by atoms with Crippen LogP contribution in [0.5, 0.6) is 0 Å². The van der Waals surface area contributed by atoms with Crippen LogP contribution in [0.2, 0.25) is 0 Å². The average molecular weight is 432 g/mol. The summed E-state index contributed by atoms with van der Waals surface area (Å²) in [4.78, 5) is 24.3. The molecular weight excluding hydrogens is 406 g/mol. The van der Waals surface area contributed by atoms with E-state index in [1.54, 1.807) is 18.2 Å². The van der Waals surface area contributed by atoms with Gasteiger partial charge in [-0.05, 0) is 36.1 Å². The number of nitrogens with zero attached hydrogens (tertiary/aromatic N) is 1. The standard InChI is InChI=1S/C21H25N3O5S/c1-30(28,29)24-11-5-8-16-9-10-17(13-19(16)24)23-21(27)20(26)22-14-18(25)12-15-6-3-2-4-7-15/h2-4,6-7,9-10,13,18,25H,5,8,11-12,14H2,1H3,(H,22,26)(H,23,27). The van der Waals surface area contributed by atoms with Gasteiger partial charge in [-0.25, -0.2) is 8.42 Å². The van der Waals surface area contributed by atoms with Crippen molar-refractivity contribution in [2.24, 2.45) is 0 Å². The van der Waals surface area contributed by atoms with Crippen molar-refractivity contribution in [3.05, 3.63) is 59.7 Å². The summed E-state index contributed by atoms with van der Waals surface area (Å²) in [6, 6.07) is 14.3. The highest BCUT2D eigenvalue weighted by atomic mass is 32.2. The van der Waals surface area contributed by atoms with E-state index in [-0.39, 0.29) is 6.54 Å². The van der Waals surface area contributed by atoms with Gasteiger partial charge < -0.3 is 15.7 Å². The molecule has 3 rings (SSSR count). The number of carbonyl (C=O) groups is 2. The molecule has 0 saturated carbocycles. The average Bonchev–Trinajstić information content (AvgIpc) is 2.71. The number of aliphatic hydroxyl groups excluding tert-OH is 1. The summed E-state index contributed by atoms with van der Waals surface area (Å²) in [7, 11) is -3.43. The molecule has 1 atom stereocenters. The molecule has 1 unspecified atom stereocenters. The number of fused-ring (bicyclic) bond motifs is 1. The first kappa shape index (κ1) is 21.8. The highest BCUT2D eigenvalue weighted by molar-refractivity contribution is 7.92. The predicted molar refractivity (Wildman–Crippen MR) is 115 cm³/mol. The zero-order chi connectivity index (χ0) is 21.7. The van der Waals surface area contributed by atoms with E-state index in [0.717, 1.165) is 30.2 Å². The van der Waals surface area contributed by atoms with Gasteiger partial charge in [0, 0.05) is 25.2 Å². The smallest absolute Gasteiger partial charge is 0.313 e. The minimum Gasteiger partial charge on any atom is -0.391 e. The van der Waals surface area contributed by atoms with Crippen LogP contribution in [0.15, 0.2) is 48.5 Å². The summed E-state index contributed by atoms with van der Waals surface area (Å²) in [5, 5.41) is 14.9. The second-order valence-electron chi connectivity index (χ2n) is 7.29. The van der Waals surface area contributed by atoms with E-state index in [4.69, 9.17) is 0 Å². The summed E-state index contributed by atoms with van der Waals surface area (Å²) >= 11 is 0. The van der Waals surface area contributed by atoms with Gasteiger partial charge in [0.25, 0.3) is 0 Å². The maximum absolute atomic E-state index is 12.2. The molecule has 0 radical (unpaired) electrons. The Morgan fingerprint density at radius 1 is 1.13 bits per heavy atom. The first-order chi connectivity index (χ1) is 14.2. The Hall–Kier alpha value is -2.91. The molecule has 30 heavy (non-hydrogen) atoms. The third-order valence-corrected chi connectivity index (χ3v) is 6.02. The second kappa shape index (κ2) is 9.27. The van der Waals surface area contributed by atoms with Crippen molar-refractivity contribution in [1.29, 1.82) is 0 Å². The summed E-state index contributed by atoms with van der Waals surface area (Å²) in [5.41, 5.74) is 2.64. The SMILES string of the molecule is CS(=O)(=O)N1CCCc2ccc(NC(=O)C(=O)NCC(O)Cc3ccccc3)cc21. The molecule has 1 heterocycles. The Kier molecular flexibility index (Phi) is 6.73. The number of benzene rings is 2. The predicted octanol–water partition coefficient (Wildman–Crippen LogP) is 1.06. The third-order valence-electron chi connectivity index (χ3n) is 4.84. The lowest BCUT2D eigenvalue weighted by Crippen LogP contribution is -2.40. The largest absolute Gasteiger partial charge is 0.391 e. The molecular formula is C21H25N3O5S. The molecule has 8 nitrogen and oxygen atoms in total. The Morgan fingerprint density at radius 2 is 1.87 bits per heavy atom. The van der Waals surface area contributed by atoms with Gasteiger partial charge in [0.05, 0.1) is 18.0 Å². The normalized spacial score (nSPS) is 14.5. The summed E-state index contributed by atoms with van der Waals surface area (Å²) in [5.74, 6) is -1.76. The zero-order valence-corrected chi connectivity index (χ0v) is 17.5. The monoisotopic (exact) mass is 431 g/mol. The second-order valence-corrected chi connectivity index (χ2v) is 9.20. The van der Waals surface area contributed by atoms with Crippen LogP contribution < -0.4 is 14.9 Å². The maximum Gasteiger partial charge on any atom is 0.313 e. The minimum absolute atomic E-state index is 0.0623. The van der Waals surface area contributed by atoms with Gasteiger partial charge in [-0.1, -0.05) is 36.4 Å². The van der Waals surface area contributed by atoms with Crippen molar-refractivity contribution < 1.29 is 23.1 Å². The molecule has 2 amide bonds. The van der Waals surface area contributed by atoms with Crippen LogP contribution >= 0.6 is 0 Å². The van der Waals surface area contributed by atoms with Crippen LogP contribution in [-0.4, -0.2) is 50.8 Å². The van der Waals surface area contributed by atoms with Crippen LogP contribution in [0.1, 0.15) is 17.5 Å². The molecule has 0 spiro atoms. The summed E-state index contributed by atoms with van der Waals surface area (Å²) < 4.78 is 25.4. The number of amides is 2. The fourth-order valence-corrected chi connectivity index (χ4v) is 4.39. The van der Waals surface area contributed by atoms with Gasteiger partial charge in [0.15, 0.2) is 0 Å². The molecule has 2 aromatic rings. The molecule has 2 aromatic carbocycles. The van der Waals surface area contributed by atoms with E-state index in [2.05, 4.69) is 10.6 Å². The number of rotatable bonds is 6. The van der Waals surface area contributed by atoms with Crippen LogP contribution in [-0.2, 0) is 32.5 Å². The number of aliphatic hydroxyl groups is 1. The maximum atomic E-state index is 12.2. The highest BCUT2D eigenvalue weighted by Gasteiger charge is 2.25. The molecule has 3 N–H and O–H groups in total. The van der Waals surface area contributed by atoms with Crippen LogP contribution in [0.3, 0.4) is 0 Å². The molecule has 1 aliphatic heterocycles. The Balaban J connectivity index is 1.58. The van der Waals surface area contributed by atoms with Crippen LogP contribution in [0.4, 0.5) is 11.4 Å². The first-order valence-corrected chi connectivity index (χ1v) is 11.5. The van der Waals surface area contributed by atoms with E-state index in [9.17, 15) is 23.1 Å². The van der Waals surface area contributed by atoms with Gasteiger partial charge in [0.2, 0.25) is 10.0 Å². The van der Waals surface area contributed by atoms with Crippen molar-refractivity contribution in [1.82, 2.24) is 5.32 Å². The van der Waals surface area contributed by atoms with Gasteiger partial charge in [-0.15, -0.1) is 0 Å². The number of aryl methyl sites for hydroxylation is 1. The Morgan fingerprint density at radius 3 is 2.57 bits per heavy atom. The molecule has 0 fully saturated rings. The van der Waals surface area contributed by atoms with Crippen molar-refractivity contribution >= 4 is 33.2 Å². The molecule has 0 aromatic heterocycles. The van der Waals surface area contributed by atoms with Crippen molar-refractivity contribution in [3.63, 3.8) is 0 Å². The first-order valence-electron chi connectivity index (χ1n) is 9.66. The van der Waals surface area contributed by atoms with Crippen molar-refractivity contribution in [2.45, 2.75) is 25.4 Å². The van der Waals surface area contributed by atoms with Gasteiger partial charge >= 0.3 is 11.8 Å². The molecule has 0 aliphatic carbocycles. The highest BCUT2D eigenvalue weighted by Crippen LogP contribution is 2.31. The van der Waals surface area contributed by atoms with Crippen LogP contribution in [0.25, 0.3) is 0 Å². The van der Waals surface area contributed by atoms with E-state index in [0.29, 0.717) is 24.3 Å². The zero-order valence-electron chi connectivity index (χ0n) is 16.7. The van der Waals surface area contributed by atoms with Crippen molar-refractivity contribution in [3.8, 4) is 0 Å². The lowest BCUT2D eigenvalue weighted by atomic mass is 10.0. The number of nitrogens with one attached hydrogen (secondary N) is 2.